The quantitative estimate of drug-likeness (QED) is 0.627. The van der Waals surface area contributed by atoms with Gasteiger partial charge < -0.3 is 14.6 Å². The highest BCUT2D eigenvalue weighted by molar-refractivity contribution is 4.79. The van der Waals surface area contributed by atoms with Crippen LogP contribution in [0.2, 0.25) is 0 Å². The van der Waals surface area contributed by atoms with E-state index in [-0.39, 0.29) is 5.92 Å². The van der Waals surface area contributed by atoms with Gasteiger partial charge in [0.1, 0.15) is 5.60 Å². The van der Waals surface area contributed by atoms with Gasteiger partial charge in [-0.05, 0) is 12.8 Å². The Kier molecular flexibility index (Phi) is 4.00. The normalized spacial score (nSPS) is 17.5. The maximum absolute atomic E-state index is 9.80. The second-order valence-corrected chi connectivity index (χ2v) is 3.18. The lowest BCUT2D eigenvalue weighted by atomic mass is 9.92. The van der Waals surface area contributed by atoms with Gasteiger partial charge in [0, 0.05) is 14.2 Å². The van der Waals surface area contributed by atoms with Crippen LogP contribution < -0.4 is 0 Å². The van der Waals surface area contributed by atoms with Gasteiger partial charge in [-0.25, -0.2) is 0 Å². The third-order valence-electron chi connectivity index (χ3n) is 2.07. The van der Waals surface area contributed by atoms with Gasteiger partial charge in [0.05, 0.1) is 0 Å². The summed E-state index contributed by atoms with van der Waals surface area (Å²) in [7, 11) is 3.04. The van der Waals surface area contributed by atoms with E-state index in [0.29, 0.717) is 0 Å². The van der Waals surface area contributed by atoms with Crippen LogP contribution in [0.5, 0.6) is 0 Å². The van der Waals surface area contributed by atoms with E-state index in [4.69, 9.17) is 9.47 Å². The molecule has 3 heteroatoms. The number of ether oxygens (including phenoxy) is 2. The smallest absolute Gasteiger partial charge is 0.185 e. The van der Waals surface area contributed by atoms with E-state index >= 15 is 0 Å². The Bertz CT molecular complexity index is 106. The number of hydrogen-bond acceptors (Lipinski definition) is 3. The molecule has 0 amide bonds. The van der Waals surface area contributed by atoms with Crippen molar-refractivity contribution in [2.75, 3.05) is 14.2 Å². The minimum absolute atomic E-state index is 0.104. The van der Waals surface area contributed by atoms with Gasteiger partial charge in [-0.3, -0.25) is 0 Å². The minimum atomic E-state index is -0.927. The van der Waals surface area contributed by atoms with E-state index < -0.39 is 11.9 Å². The van der Waals surface area contributed by atoms with E-state index in [1.807, 2.05) is 13.8 Å². The lowest BCUT2D eigenvalue weighted by molar-refractivity contribution is -0.223. The van der Waals surface area contributed by atoms with Crippen molar-refractivity contribution in [2.45, 2.75) is 32.7 Å². The first-order valence-corrected chi connectivity index (χ1v) is 3.74. The van der Waals surface area contributed by atoms with Crippen molar-refractivity contribution in [3.05, 3.63) is 0 Å². The topological polar surface area (TPSA) is 38.7 Å². The largest absolute Gasteiger partial charge is 0.385 e. The van der Waals surface area contributed by atoms with Crippen molar-refractivity contribution >= 4 is 0 Å². The SMILES string of the molecule is COC(OC)C(C)(O)C(C)C. The third-order valence-corrected chi connectivity index (χ3v) is 2.07. The molecule has 0 fully saturated rings. The average Bonchev–Trinajstić information content (AvgIpc) is 1.89. The van der Waals surface area contributed by atoms with Gasteiger partial charge in [-0.1, -0.05) is 13.8 Å². The Balaban J connectivity index is 4.24. The molecule has 0 aromatic heterocycles. The van der Waals surface area contributed by atoms with Gasteiger partial charge in [0.25, 0.3) is 0 Å². The Morgan fingerprint density at radius 1 is 1.18 bits per heavy atom. The first-order chi connectivity index (χ1) is 4.96. The van der Waals surface area contributed by atoms with E-state index in [1.165, 1.54) is 14.2 Å². The van der Waals surface area contributed by atoms with Crippen LogP contribution in [0.1, 0.15) is 20.8 Å². The molecule has 0 aliphatic rings. The lowest BCUT2D eigenvalue weighted by Gasteiger charge is -2.33. The molecule has 1 atom stereocenters. The molecule has 0 aromatic rings. The molecular formula is C8H18O3. The fourth-order valence-electron chi connectivity index (χ4n) is 0.846. The highest BCUT2D eigenvalue weighted by Crippen LogP contribution is 2.22. The third kappa shape index (κ3) is 2.43. The Labute approximate surface area is 68.3 Å². The lowest BCUT2D eigenvalue weighted by Crippen LogP contribution is -2.46. The molecule has 0 spiro atoms. The first-order valence-electron chi connectivity index (χ1n) is 3.74. The highest BCUT2D eigenvalue weighted by atomic mass is 16.7. The van der Waals surface area contributed by atoms with Crippen LogP contribution >= 0.6 is 0 Å². The minimum Gasteiger partial charge on any atom is -0.385 e. The molecule has 1 unspecified atom stereocenters. The summed E-state index contributed by atoms with van der Waals surface area (Å²) in [4.78, 5) is 0. The number of hydrogen-bond donors (Lipinski definition) is 1. The number of rotatable bonds is 4. The summed E-state index contributed by atoms with van der Waals surface area (Å²) >= 11 is 0. The zero-order chi connectivity index (χ0) is 9.07. The van der Waals surface area contributed by atoms with Gasteiger partial charge in [-0.15, -0.1) is 0 Å². The molecule has 0 saturated carbocycles. The Morgan fingerprint density at radius 3 is 1.64 bits per heavy atom. The highest BCUT2D eigenvalue weighted by Gasteiger charge is 2.35. The summed E-state index contributed by atoms with van der Waals surface area (Å²) in [6, 6.07) is 0. The zero-order valence-corrected chi connectivity index (χ0v) is 7.92. The molecule has 1 N–H and O–H groups in total. The molecule has 0 bridgehead atoms. The average molecular weight is 162 g/mol. The summed E-state index contributed by atoms with van der Waals surface area (Å²) in [5, 5.41) is 9.80. The van der Waals surface area contributed by atoms with Crippen molar-refractivity contribution in [2.24, 2.45) is 5.92 Å². The summed E-state index contributed by atoms with van der Waals surface area (Å²) in [5.74, 6) is 0.104. The monoisotopic (exact) mass is 162 g/mol. The van der Waals surface area contributed by atoms with Crippen LogP contribution in [0.4, 0.5) is 0 Å². The van der Waals surface area contributed by atoms with E-state index in [1.54, 1.807) is 6.92 Å². The van der Waals surface area contributed by atoms with Crippen LogP contribution in [0, 0.1) is 5.92 Å². The second-order valence-electron chi connectivity index (χ2n) is 3.18. The fraction of sp³-hybridized carbons (Fsp3) is 1.00. The van der Waals surface area contributed by atoms with Crippen molar-refractivity contribution in [3.63, 3.8) is 0 Å². The van der Waals surface area contributed by atoms with Crippen molar-refractivity contribution in [1.82, 2.24) is 0 Å². The van der Waals surface area contributed by atoms with Crippen LogP contribution in [0.25, 0.3) is 0 Å². The van der Waals surface area contributed by atoms with E-state index in [9.17, 15) is 5.11 Å². The predicted octanol–water partition coefficient (Wildman–Crippen LogP) is 1.01. The van der Waals surface area contributed by atoms with E-state index in [0.717, 1.165) is 0 Å². The van der Waals surface area contributed by atoms with Crippen LogP contribution in [-0.4, -0.2) is 31.2 Å². The molecule has 3 nitrogen and oxygen atoms in total. The Hall–Kier alpha value is -0.120. The van der Waals surface area contributed by atoms with Gasteiger partial charge in [-0.2, -0.15) is 0 Å². The second kappa shape index (κ2) is 4.04. The van der Waals surface area contributed by atoms with Crippen LogP contribution in [0.3, 0.4) is 0 Å². The van der Waals surface area contributed by atoms with Crippen molar-refractivity contribution in [3.8, 4) is 0 Å². The molecule has 0 radical (unpaired) electrons. The van der Waals surface area contributed by atoms with Gasteiger partial charge in [0.15, 0.2) is 6.29 Å². The summed E-state index contributed by atoms with van der Waals surface area (Å²) in [6.07, 6.45) is -0.553. The molecule has 0 saturated heterocycles. The van der Waals surface area contributed by atoms with Crippen molar-refractivity contribution in [1.29, 1.82) is 0 Å². The molecular weight excluding hydrogens is 144 g/mol. The fourth-order valence-corrected chi connectivity index (χ4v) is 0.846. The van der Waals surface area contributed by atoms with Crippen LogP contribution in [-0.2, 0) is 9.47 Å². The molecule has 11 heavy (non-hydrogen) atoms. The summed E-state index contributed by atoms with van der Waals surface area (Å²) < 4.78 is 9.91. The molecule has 0 aliphatic heterocycles. The van der Waals surface area contributed by atoms with E-state index in [2.05, 4.69) is 0 Å². The Morgan fingerprint density at radius 2 is 1.55 bits per heavy atom. The maximum atomic E-state index is 9.80. The molecule has 0 aliphatic carbocycles. The molecule has 0 heterocycles. The van der Waals surface area contributed by atoms with Crippen LogP contribution in [0.15, 0.2) is 0 Å². The molecule has 68 valence electrons. The zero-order valence-electron chi connectivity index (χ0n) is 7.92. The summed E-state index contributed by atoms with van der Waals surface area (Å²) in [5.41, 5.74) is -0.927. The van der Waals surface area contributed by atoms with Crippen molar-refractivity contribution < 1.29 is 14.6 Å². The summed E-state index contributed by atoms with van der Waals surface area (Å²) in [6.45, 7) is 5.55. The number of aliphatic hydroxyl groups is 1. The van der Waals surface area contributed by atoms with Gasteiger partial charge >= 0.3 is 0 Å². The predicted molar refractivity (Wildman–Crippen MR) is 43.3 cm³/mol. The standard InChI is InChI=1S/C8H18O3/c1-6(2)8(3,9)7(10-4)11-5/h6-7,9H,1-5H3. The first kappa shape index (κ1) is 10.9. The number of methoxy groups -OCH3 is 2. The maximum Gasteiger partial charge on any atom is 0.185 e. The van der Waals surface area contributed by atoms with Gasteiger partial charge in [0.2, 0.25) is 0 Å². The molecule has 0 aromatic carbocycles. The molecule has 0 rings (SSSR count).